The van der Waals surface area contributed by atoms with Crippen LogP contribution in [-0.4, -0.2) is 15.3 Å². The lowest BCUT2D eigenvalue weighted by Gasteiger charge is -2.14. The van der Waals surface area contributed by atoms with Gasteiger partial charge in [-0.1, -0.05) is 12.1 Å². The second kappa shape index (κ2) is 7.98. The van der Waals surface area contributed by atoms with E-state index in [9.17, 15) is 30.3 Å². The summed E-state index contributed by atoms with van der Waals surface area (Å²) in [7, 11) is 0. The molecule has 12 nitrogen and oxygen atoms in total. The third-order valence-corrected chi connectivity index (χ3v) is 3.55. The highest BCUT2D eigenvalue weighted by atomic mass is 32.1. The highest BCUT2D eigenvalue weighted by Crippen LogP contribution is 2.34. The van der Waals surface area contributed by atoms with Gasteiger partial charge in [0.15, 0.2) is 0 Å². The van der Waals surface area contributed by atoms with Gasteiger partial charge in [0.25, 0.3) is 15.3 Å². The van der Waals surface area contributed by atoms with E-state index >= 15 is 0 Å². The van der Waals surface area contributed by atoms with Crippen LogP contribution in [0.25, 0.3) is 0 Å². The Morgan fingerprint density at radius 3 is 1.54 bits per heavy atom. The van der Waals surface area contributed by atoms with E-state index in [4.69, 9.17) is 0 Å². The van der Waals surface area contributed by atoms with E-state index in [2.05, 4.69) is 27.1 Å². The molecule has 0 N–H and O–H groups in total. The van der Waals surface area contributed by atoms with Gasteiger partial charge in [0.2, 0.25) is 0 Å². The summed E-state index contributed by atoms with van der Waals surface area (Å²) in [5.74, 6) is -0.601. The van der Waals surface area contributed by atoms with Crippen LogP contribution >= 0.6 is 12.6 Å². The molecule has 0 saturated carbocycles. The molecule has 0 aliphatic rings. The van der Waals surface area contributed by atoms with Crippen molar-refractivity contribution < 1.29 is 29.8 Å². The van der Waals surface area contributed by atoms with Crippen LogP contribution in [0.3, 0.4) is 0 Å². The Morgan fingerprint density at radius 1 is 0.692 bits per heavy atom. The Morgan fingerprint density at radius 2 is 1.12 bits per heavy atom. The van der Waals surface area contributed by atoms with Crippen molar-refractivity contribution in [1.29, 1.82) is 0 Å². The lowest BCUT2D eigenvalue weighted by Crippen LogP contribution is -2.07. The standard InChI is InChI=1S/C13H9N3O9S/c17-14(18)23-10-3-1-8(2-4-10)13(26)9-5-11(24-15(19)20)7-12(6-9)25-16(21)22/h1-7,13,26H. The summed E-state index contributed by atoms with van der Waals surface area (Å²) in [6, 6.07) is 9.10. The van der Waals surface area contributed by atoms with Gasteiger partial charge in [0.05, 0.1) is 5.25 Å². The monoisotopic (exact) mass is 383 g/mol. The van der Waals surface area contributed by atoms with Crippen LogP contribution in [0.1, 0.15) is 16.4 Å². The number of hydrogen-bond donors (Lipinski definition) is 1. The van der Waals surface area contributed by atoms with Gasteiger partial charge in [-0.3, -0.25) is 14.5 Å². The molecule has 1 atom stereocenters. The second-order valence-corrected chi connectivity index (χ2v) is 5.17. The average molecular weight is 383 g/mol. The van der Waals surface area contributed by atoms with Crippen molar-refractivity contribution in [1.82, 2.24) is 0 Å². The van der Waals surface area contributed by atoms with E-state index in [1.165, 1.54) is 36.4 Å². The van der Waals surface area contributed by atoms with Crippen LogP contribution in [-0.2, 0) is 0 Å². The molecule has 0 bridgehead atoms. The molecule has 2 rings (SSSR count). The van der Waals surface area contributed by atoms with E-state index in [1.54, 1.807) is 0 Å². The van der Waals surface area contributed by atoms with Crippen molar-refractivity contribution in [3.8, 4) is 17.2 Å². The van der Waals surface area contributed by atoms with Gasteiger partial charge in [0, 0.05) is 0 Å². The fourth-order valence-electron chi connectivity index (χ4n) is 2.02. The molecule has 0 fully saturated rings. The summed E-state index contributed by atoms with van der Waals surface area (Å²) >= 11 is 4.36. The fourth-order valence-corrected chi connectivity index (χ4v) is 2.34. The van der Waals surface area contributed by atoms with Gasteiger partial charge in [-0.15, -0.1) is 30.3 Å². The van der Waals surface area contributed by atoms with Crippen molar-refractivity contribution in [2.24, 2.45) is 0 Å². The molecule has 0 spiro atoms. The third-order valence-electron chi connectivity index (χ3n) is 2.95. The number of thiol groups is 1. The van der Waals surface area contributed by atoms with Gasteiger partial charge in [-0.05, 0) is 41.5 Å². The molecule has 13 heteroatoms. The van der Waals surface area contributed by atoms with Crippen molar-refractivity contribution in [3.05, 3.63) is 83.9 Å². The minimum Gasteiger partial charge on any atom is -0.276 e. The number of rotatable bonds is 8. The smallest absolute Gasteiger partial charge is 0.276 e. The summed E-state index contributed by atoms with van der Waals surface area (Å²) in [5, 5.41) is 27.5. The first-order chi connectivity index (χ1) is 12.2. The third kappa shape index (κ3) is 5.20. The number of hydrogen-bond acceptors (Lipinski definition) is 10. The second-order valence-electron chi connectivity index (χ2n) is 4.65. The van der Waals surface area contributed by atoms with Gasteiger partial charge in [0.1, 0.15) is 17.2 Å². The van der Waals surface area contributed by atoms with E-state index < -0.39 is 20.5 Å². The Kier molecular flexibility index (Phi) is 5.74. The highest BCUT2D eigenvalue weighted by molar-refractivity contribution is 7.80. The zero-order chi connectivity index (χ0) is 19.3. The van der Waals surface area contributed by atoms with Gasteiger partial charge in [-0.2, -0.15) is 12.6 Å². The molecule has 0 amide bonds. The molecule has 2 aromatic rings. The first-order valence-electron chi connectivity index (χ1n) is 6.64. The van der Waals surface area contributed by atoms with Crippen molar-refractivity contribution in [2.45, 2.75) is 5.25 Å². The minimum absolute atomic E-state index is 0.0120. The van der Waals surface area contributed by atoms with E-state index in [0.717, 1.165) is 6.07 Å². The minimum atomic E-state index is -1.08. The fraction of sp³-hybridized carbons (Fsp3) is 0.0769. The predicted octanol–water partition coefficient (Wildman–Crippen LogP) is 2.42. The summed E-state index contributed by atoms with van der Waals surface area (Å²) in [5.41, 5.74) is 0.835. The molecule has 0 aliphatic carbocycles. The summed E-state index contributed by atoms with van der Waals surface area (Å²) in [6.45, 7) is 0. The van der Waals surface area contributed by atoms with Crippen LogP contribution in [0.4, 0.5) is 0 Å². The molecule has 136 valence electrons. The zero-order valence-electron chi connectivity index (χ0n) is 12.6. The molecule has 2 aromatic carbocycles. The average Bonchev–Trinajstić information content (AvgIpc) is 2.52. The van der Waals surface area contributed by atoms with E-state index in [1.807, 2.05) is 0 Å². The van der Waals surface area contributed by atoms with Gasteiger partial charge < -0.3 is 0 Å². The Bertz CT molecular complexity index is 809. The largest absolute Gasteiger partial charge is 0.299 e. The van der Waals surface area contributed by atoms with Crippen LogP contribution < -0.4 is 14.5 Å². The topological polar surface area (TPSA) is 157 Å². The number of benzene rings is 2. The molecular formula is C13H9N3O9S. The maximum absolute atomic E-state index is 10.5. The molecule has 0 radical (unpaired) electrons. The van der Waals surface area contributed by atoms with E-state index in [-0.39, 0.29) is 17.2 Å². The van der Waals surface area contributed by atoms with Crippen molar-refractivity contribution in [3.63, 3.8) is 0 Å². The normalized spacial score (nSPS) is 11.3. The van der Waals surface area contributed by atoms with Crippen LogP contribution in [0, 0.1) is 30.3 Å². The maximum atomic E-state index is 10.5. The van der Waals surface area contributed by atoms with Crippen molar-refractivity contribution in [2.75, 3.05) is 0 Å². The lowest BCUT2D eigenvalue weighted by atomic mass is 10.0. The highest BCUT2D eigenvalue weighted by Gasteiger charge is 2.15. The zero-order valence-corrected chi connectivity index (χ0v) is 13.5. The van der Waals surface area contributed by atoms with Crippen molar-refractivity contribution >= 4 is 12.6 Å². The quantitative estimate of drug-likeness (QED) is 0.410. The van der Waals surface area contributed by atoms with Crippen LogP contribution in [0.15, 0.2) is 42.5 Å². The van der Waals surface area contributed by atoms with Gasteiger partial charge >= 0.3 is 0 Å². The first-order valence-corrected chi connectivity index (χ1v) is 7.16. The van der Waals surface area contributed by atoms with Crippen LogP contribution in [0.5, 0.6) is 17.2 Å². The van der Waals surface area contributed by atoms with Crippen LogP contribution in [0.2, 0.25) is 0 Å². The number of nitrogens with zero attached hydrogens (tertiary/aromatic N) is 3. The molecular weight excluding hydrogens is 374 g/mol. The molecule has 0 aromatic heterocycles. The Labute approximate surface area is 149 Å². The Hall–Kier alpha value is -3.61. The van der Waals surface area contributed by atoms with E-state index in [0.29, 0.717) is 11.1 Å². The summed E-state index contributed by atoms with van der Waals surface area (Å²) in [6.07, 6.45) is 0. The molecule has 0 aliphatic heterocycles. The molecule has 0 saturated heterocycles. The summed E-state index contributed by atoms with van der Waals surface area (Å²) in [4.78, 5) is 44.2. The predicted molar refractivity (Wildman–Crippen MR) is 86.6 cm³/mol. The Balaban J connectivity index is 2.33. The lowest BCUT2D eigenvalue weighted by molar-refractivity contribution is -0.713. The molecule has 26 heavy (non-hydrogen) atoms. The first kappa shape index (κ1) is 18.7. The maximum Gasteiger partial charge on any atom is 0.299 e. The SMILES string of the molecule is O=[N+]([O-])Oc1ccc(C(S)c2cc(O[N+](=O)[O-])cc(O[N+](=O)[O-])c2)cc1. The molecule has 0 heterocycles. The van der Waals surface area contributed by atoms with Gasteiger partial charge in [-0.25, -0.2) is 0 Å². The summed E-state index contributed by atoms with van der Waals surface area (Å²) < 4.78 is 0. The molecule has 1 unspecified atom stereocenters.